The Morgan fingerprint density at radius 2 is 1.69 bits per heavy atom. The molecule has 1 atom stereocenters. The summed E-state index contributed by atoms with van der Waals surface area (Å²) in [5.41, 5.74) is 6.98. The zero-order valence-electron chi connectivity index (χ0n) is 18.1. The molecule has 0 aliphatic carbocycles. The standard InChI is InChI=1S/C27H28N2O2.ClH/c30-27(31)23-11-13-26-22(17-23)10-12-25-19-28(14-15-29(25)26)18-24-9-5-4-8-21(24)16-20-6-2-1-3-7-20;/h1-9,11,13,17,25H,10,12,14-16,18-19H2,(H,30,31);1H/t25-;/m0./s1. The van der Waals surface area contributed by atoms with Crippen LogP contribution < -0.4 is 4.90 Å². The summed E-state index contributed by atoms with van der Waals surface area (Å²) in [6, 6.07) is 25.6. The molecule has 0 amide bonds. The first kappa shape index (κ1) is 22.4. The molecule has 2 aliphatic rings. The van der Waals surface area contributed by atoms with Gasteiger partial charge in [-0.05, 0) is 59.7 Å². The van der Waals surface area contributed by atoms with Crippen LogP contribution in [0.5, 0.6) is 0 Å². The minimum absolute atomic E-state index is 0. The van der Waals surface area contributed by atoms with Crippen LogP contribution >= 0.6 is 12.4 Å². The molecule has 32 heavy (non-hydrogen) atoms. The van der Waals surface area contributed by atoms with Crippen molar-refractivity contribution in [2.45, 2.75) is 31.8 Å². The van der Waals surface area contributed by atoms with E-state index in [2.05, 4.69) is 64.4 Å². The summed E-state index contributed by atoms with van der Waals surface area (Å²) >= 11 is 0. The molecule has 5 rings (SSSR count). The molecule has 3 aromatic rings. The summed E-state index contributed by atoms with van der Waals surface area (Å²) < 4.78 is 0. The average Bonchev–Trinajstić information content (AvgIpc) is 2.80. The maximum Gasteiger partial charge on any atom is 0.335 e. The third-order valence-electron chi connectivity index (χ3n) is 6.70. The summed E-state index contributed by atoms with van der Waals surface area (Å²) in [4.78, 5) is 16.4. The van der Waals surface area contributed by atoms with Gasteiger partial charge in [-0.2, -0.15) is 0 Å². The van der Waals surface area contributed by atoms with Crippen molar-refractivity contribution in [2.75, 3.05) is 24.5 Å². The highest BCUT2D eigenvalue weighted by Gasteiger charge is 2.32. The Hall–Kier alpha value is -2.82. The number of benzene rings is 3. The van der Waals surface area contributed by atoms with Crippen molar-refractivity contribution in [1.29, 1.82) is 0 Å². The van der Waals surface area contributed by atoms with E-state index >= 15 is 0 Å². The molecule has 5 heteroatoms. The van der Waals surface area contributed by atoms with E-state index in [0.717, 1.165) is 45.4 Å². The van der Waals surface area contributed by atoms with Gasteiger partial charge in [-0.25, -0.2) is 4.79 Å². The Labute approximate surface area is 195 Å². The zero-order valence-corrected chi connectivity index (χ0v) is 18.9. The van der Waals surface area contributed by atoms with Crippen LogP contribution in [-0.2, 0) is 19.4 Å². The fourth-order valence-electron chi connectivity index (χ4n) is 5.09. The van der Waals surface area contributed by atoms with E-state index in [0.29, 0.717) is 11.6 Å². The van der Waals surface area contributed by atoms with Crippen LogP contribution in [0.3, 0.4) is 0 Å². The van der Waals surface area contributed by atoms with Gasteiger partial charge in [0.1, 0.15) is 0 Å². The molecular weight excluding hydrogens is 420 g/mol. The highest BCUT2D eigenvalue weighted by Crippen LogP contribution is 2.34. The molecule has 0 aromatic heterocycles. The molecule has 0 saturated carbocycles. The molecule has 1 saturated heterocycles. The topological polar surface area (TPSA) is 43.8 Å². The van der Waals surface area contributed by atoms with Gasteiger partial charge in [0.15, 0.2) is 0 Å². The predicted molar refractivity (Wildman–Crippen MR) is 131 cm³/mol. The van der Waals surface area contributed by atoms with Crippen LogP contribution in [0.1, 0.15) is 39.0 Å². The first-order chi connectivity index (χ1) is 15.2. The highest BCUT2D eigenvalue weighted by molar-refractivity contribution is 5.88. The fourth-order valence-corrected chi connectivity index (χ4v) is 5.09. The second-order valence-corrected chi connectivity index (χ2v) is 8.70. The number of carboxylic acids is 1. The first-order valence-corrected chi connectivity index (χ1v) is 11.1. The van der Waals surface area contributed by atoms with Crippen LogP contribution in [0.4, 0.5) is 5.69 Å². The van der Waals surface area contributed by atoms with E-state index < -0.39 is 5.97 Å². The summed E-state index contributed by atoms with van der Waals surface area (Å²) in [7, 11) is 0. The van der Waals surface area contributed by atoms with Crippen molar-refractivity contribution >= 4 is 24.1 Å². The van der Waals surface area contributed by atoms with Crippen LogP contribution in [0.2, 0.25) is 0 Å². The SMILES string of the molecule is Cl.O=C(O)c1ccc2c(c1)CC[C@H]1CN(Cc3ccccc3Cc3ccccc3)CCN21. The van der Waals surface area contributed by atoms with Crippen LogP contribution in [0.25, 0.3) is 0 Å². The molecule has 0 unspecified atom stereocenters. The van der Waals surface area contributed by atoms with Crippen molar-refractivity contribution in [3.8, 4) is 0 Å². The number of aryl methyl sites for hydroxylation is 1. The number of halogens is 1. The lowest BCUT2D eigenvalue weighted by Gasteiger charge is -2.46. The van der Waals surface area contributed by atoms with E-state index in [4.69, 9.17) is 0 Å². The summed E-state index contributed by atoms with van der Waals surface area (Å²) in [5, 5.41) is 9.29. The lowest BCUT2D eigenvalue weighted by atomic mass is 9.92. The molecule has 1 fully saturated rings. The van der Waals surface area contributed by atoms with Gasteiger partial charge in [-0.3, -0.25) is 4.90 Å². The molecule has 3 aromatic carbocycles. The second kappa shape index (κ2) is 9.76. The molecule has 0 spiro atoms. The Kier molecular flexibility index (Phi) is 6.83. The third-order valence-corrected chi connectivity index (χ3v) is 6.70. The smallest absolute Gasteiger partial charge is 0.335 e. The van der Waals surface area contributed by atoms with Gasteiger partial charge < -0.3 is 10.0 Å². The lowest BCUT2D eigenvalue weighted by Crippen LogP contribution is -2.54. The molecule has 2 aliphatic heterocycles. The summed E-state index contributed by atoms with van der Waals surface area (Å²) in [5.74, 6) is -0.844. The summed E-state index contributed by atoms with van der Waals surface area (Å²) in [6.45, 7) is 4.05. The van der Waals surface area contributed by atoms with Crippen molar-refractivity contribution in [1.82, 2.24) is 4.90 Å². The molecular formula is C27H29ClN2O2. The number of aromatic carboxylic acids is 1. The fraction of sp³-hybridized carbons (Fsp3) is 0.296. The van der Waals surface area contributed by atoms with E-state index in [1.807, 2.05) is 12.1 Å². The first-order valence-electron chi connectivity index (χ1n) is 11.1. The van der Waals surface area contributed by atoms with Gasteiger partial charge in [-0.1, -0.05) is 54.6 Å². The Morgan fingerprint density at radius 3 is 2.47 bits per heavy atom. The van der Waals surface area contributed by atoms with Gasteiger partial charge in [-0.15, -0.1) is 12.4 Å². The number of rotatable bonds is 5. The van der Waals surface area contributed by atoms with Crippen LogP contribution in [0.15, 0.2) is 72.8 Å². The number of anilines is 1. The van der Waals surface area contributed by atoms with Crippen molar-refractivity contribution in [3.63, 3.8) is 0 Å². The Bertz CT molecular complexity index is 1090. The quantitative estimate of drug-likeness (QED) is 0.594. The molecule has 166 valence electrons. The third kappa shape index (κ3) is 4.67. The van der Waals surface area contributed by atoms with Crippen molar-refractivity contribution in [3.05, 3.63) is 101 Å². The largest absolute Gasteiger partial charge is 0.478 e. The van der Waals surface area contributed by atoms with E-state index in [1.165, 1.54) is 27.9 Å². The normalized spacial score (nSPS) is 17.8. The number of nitrogens with zero attached hydrogens (tertiary/aromatic N) is 2. The monoisotopic (exact) mass is 448 g/mol. The van der Waals surface area contributed by atoms with E-state index in [9.17, 15) is 9.90 Å². The molecule has 4 nitrogen and oxygen atoms in total. The van der Waals surface area contributed by atoms with Crippen LogP contribution in [-0.4, -0.2) is 41.7 Å². The van der Waals surface area contributed by atoms with Crippen molar-refractivity contribution < 1.29 is 9.90 Å². The number of carbonyl (C=O) groups is 1. The van der Waals surface area contributed by atoms with Gasteiger partial charge in [0.25, 0.3) is 0 Å². The maximum absolute atomic E-state index is 11.3. The maximum atomic E-state index is 11.3. The second-order valence-electron chi connectivity index (χ2n) is 8.70. The Balaban J connectivity index is 0.00000245. The number of fused-ring (bicyclic) bond motifs is 3. The zero-order chi connectivity index (χ0) is 21.2. The minimum atomic E-state index is -0.844. The summed E-state index contributed by atoms with van der Waals surface area (Å²) in [6.07, 6.45) is 3.01. The van der Waals surface area contributed by atoms with Gasteiger partial charge in [0, 0.05) is 37.9 Å². The van der Waals surface area contributed by atoms with Gasteiger partial charge in [0.05, 0.1) is 5.56 Å². The molecule has 0 radical (unpaired) electrons. The van der Waals surface area contributed by atoms with Gasteiger partial charge >= 0.3 is 5.97 Å². The Morgan fingerprint density at radius 1 is 0.938 bits per heavy atom. The molecule has 1 N–H and O–H groups in total. The van der Waals surface area contributed by atoms with Crippen molar-refractivity contribution in [2.24, 2.45) is 0 Å². The highest BCUT2D eigenvalue weighted by atomic mass is 35.5. The molecule has 0 bridgehead atoms. The minimum Gasteiger partial charge on any atom is -0.478 e. The number of carboxylic acid groups (broad SMARTS) is 1. The predicted octanol–water partition coefficient (Wildman–Crippen LogP) is 5.03. The number of piperazine rings is 1. The van der Waals surface area contributed by atoms with E-state index in [1.54, 1.807) is 6.07 Å². The number of hydrogen-bond donors (Lipinski definition) is 1. The van der Waals surface area contributed by atoms with Crippen LogP contribution in [0, 0.1) is 0 Å². The average molecular weight is 449 g/mol. The van der Waals surface area contributed by atoms with Gasteiger partial charge in [0.2, 0.25) is 0 Å². The number of hydrogen-bond acceptors (Lipinski definition) is 3. The molecule has 2 heterocycles. The lowest BCUT2D eigenvalue weighted by molar-refractivity contribution is 0.0696. The van der Waals surface area contributed by atoms with E-state index in [-0.39, 0.29) is 12.4 Å².